The van der Waals surface area contributed by atoms with Crippen LogP contribution in [-0.4, -0.2) is 30.0 Å². The lowest BCUT2D eigenvalue weighted by molar-refractivity contribution is -0.118. The van der Waals surface area contributed by atoms with E-state index in [0.717, 1.165) is 43.6 Å². The zero-order valence-corrected chi connectivity index (χ0v) is 17.6. The van der Waals surface area contributed by atoms with Crippen molar-refractivity contribution >= 4 is 45.6 Å². The summed E-state index contributed by atoms with van der Waals surface area (Å²) < 4.78 is 5.32. The zero-order chi connectivity index (χ0) is 20.9. The zero-order valence-electron chi connectivity index (χ0n) is 16.8. The number of nitrogens with zero attached hydrogens (tertiary/aromatic N) is 2. The van der Waals surface area contributed by atoms with Crippen molar-refractivity contribution in [3.8, 4) is 5.75 Å². The summed E-state index contributed by atoms with van der Waals surface area (Å²) in [6.45, 7) is 1.95. The van der Waals surface area contributed by atoms with Crippen molar-refractivity contribution in [3.63, 3.8) is 0 Å². The molecule has 0 saturated carbocycles. The molecule has 4 rings (SSSR count). The molecule has 4 aromatic rings. The smallest absolute Gasteiger partial charge is 0.250 e. The maximum absolute atomic E-state index is 12.3. The third-order valence-electron chi connectivity index (χ3n) is 4.68. The van der Waals surface area contributed by atoms with Gasteiger partial charge in [-0.2, -0.15) is 5.10 Å². The van der Waals surface area contributed by atoms with E-state index in [1.807, 2.05) is 61.5 Å². The minimum Gasteiger partial charge on any atom is -0.497 e. The lowest BCUT2D eigenvalue weighted by Crippen LogP contribution is -2.19. The molecule has 0 unspecified atom stereocenters. The number of aryl methyl sites for hydroxylation is 1. The molecule has 0 aliphatic rings. The second-order valence-electron chi connectivity index (χ2n) is 6.80. The molecule has 6 heteroatoms. The first-order valence-corrected chi connectivity index (χ1v) is 10.5. The first-order valence-electron chi connectivity index (χ1n) is 9.52. The number of hydrogen-bond donors (Lipinski definition) is 1. The van der Waals surface area contributed by atoms with E-state index in [9.17, 15) is 4.79 Å². The number of methoxy groups -OCH3 is 1. The van der Waals surface area contributed by atoms with Gasteiger partial charge in [-0.3, -0.25) is 9.78 Å². The summed E-state index contributed by atoms with van der Waals surface area (Å²) in [6.07, 6.45) is 1.68. The van der Waals surface area contributed by atoms with E-state index in [1.54, 1.807) is 13.3 Å². The molecule has 30 heavy (non-hydrogen) atoms. The molecule has 1 heterocycles. The Kier molecular flexibility index (Phi) is 5.95. The highest BCUT2D eigenvalue weighted by Crippen LogP contribution is 2.30. The van der Waals surface area contributed by atoms with Gasteiger partial charge in [-0.05, 0) is 42.0 Å². The number of ether oxygens (including phenoxy) is 1. The molecule has 0 aliphatic carbocycles. The molecule has 0 atom stereocenters. The van der Waals surface area contributed by atoms with Crippen molar-refractivity contribution in [3.05, 3.63) is 78.0 Å². The van der Waals surface area contributed by atoms with Crippen molar-refractivity contribution in [2.45, 2.75) is 11.8 Å². The number of hydrazone groups is 1. The predicted octanol–water partition coefficient (Wildman–Crippen LogP) is 4.95. The van der Waals surface area contributed by atoms with Gasteiger partial charge in [0.25, 0.3) is 0 Å². The Hall–Kier alpha value is -3.38. The third kappa shape index (κ3) is 4.44. The molecule has 5 nitrogen and oxygen atoms in total. The Balaban J connectivity index is 1.44. The number of rotatable bonds is 6. The Morgan fingerprint density at radius 2 is 1.93 bits per heavy atom. The molecule has 0 saturated heterocycles. The minimum absolute atomic E-state index is 0.165. The van der Waals surface area contributed by atoms with Crippen LogP contribution in [0.4, 0.5) is 0 Å². The summed E-state index contributed by atoms with van der Waals surface area (Å²) in [5.41, 5.74) is 5.37. The van der Waals surface area contributed by atoms with Crippen molar-refractivity contribution in [2.24, 2.45) is 5.10 Å². The Morgan fingerprint density at radius 3 is 2.80 bits per heavy atom. The van der Waals surface area contributed by atoms with E-state index in [4.69, 9.17) is 4.74 Å². The lowest BCUT2D eigenvalue weighted by Gasteiger charge is -2.09. The summed E-state index contributed by atoms with van der Waals surface area (Å²) in [7, 11) is 1.64. The van der Waals surface area contributed by atoms with E-state index in [0.29, 0.717) is 0 Å². The SMILES string of the molecule is COc1ccc2nc(C)cc(SCC(=O)N/N=C\c3cccc4ccccc34)c2c1. The molecule has 0 spiro atoms. The van der Waals surface area contributed by atoms with Crippen LogP contribution in [0.3, 0.4) is 0 Å². The van der Waals surface area contributed by atoms with E-state index in [2.05, 4.69) is 27.6 Å². The molecular formula is C24H21N3O2S. The highest BCUT2D eigenvalue weighted by molar-refractivity contribution is 8.00. The maximum atomic E-state index is 12.3. The molecule has 1 aromatic heterocycles. The number of hydrogen-bond acceptors (Lipinski definition) is 5. The number of thioether (sulfide) groups is 1. The van der Waals surface area contributed by atoms with Crippen LogP contribution in [0.25, 0.3) is 21.7 Å². The fourth-order valence-electron chi connectivity index (χ4n) is 3.26. The molecular weight excluding hydrogens is 394 g/mol. The van der Waals surface area contributed by atoms with E-state index >= 15 is 0 Å². The highest BCUT2D eigenvalue weighted by Gasteiger charge is 2.09. The summed E-state index contributed by atoms with van der Waals surface area (Å²) in [5.74, 6) is 0.851. The molecule has 3 aromatic carbocycles. The van der Waals surface area contributed by atoms with Crippen LogP contribution in [0.2, 0.25) is 0 Å². The largest absolute Gasteiger partial charge is 0.497 e. The molecule has 0 fully saturated rings. The Morgan fingerprint density at radius 1 is 1.10 bits per heavy atom. The van der Waals surface area contributed by atoms with Crippen LogP contribution in [0.5, 0.6) is 5.75 Å². The molecule has 0 radical (unpaired) electrons. The van der Waals surface area contributed by atoms with Gasteiger partial charge in [0.1, 0.15) is 5.75 Å². The first kappa shape index (κ1) is 19.9. The van der Waals surface area contributed by atoms with Crippen molar-refractivity contribution in [1.82, 2.24) is 10.4 Å². The van der Waals surface area contributed by atoms with Gasteiger partial charge >= 0.3 is 0 Å². The quantitative estimate of drug-likeness (QED) is 0.275. The average Bonchev–Trinajstić information content (AvgIpc) is 2.77. The first-order chi connectivity index (χ1) is 14.6. The molecule has 1 amide bonds. The number of benzene rings is 3. The van der Waals surface area contributed by atoms with Crippen molar-refractivity contribution in [2.75, 3.05) is 12.9 Å². The van der Waals surface area contributed by atoms with Gasteiger partial charge in [-0.1, -0.05) is 42.5 Å². The van der Waals surface area contributed by atoms with Gasteiger partial charge in [0.2, 0.25) is 5.91 Å². The van der Waals surface area contributed by atoms with Gasteiger partial charge in [0, 0.05) is 21.5 Å². The fraction of sp³-hybridized carbons (Fsp3) is 0.125. The number of amides is 1. The van der Waals surface area contributed by atoms with Crippen LogP contribution in [0.1, 0.15) is 11.3 Å². The topological polar surface area (TPSA) is 63.6 Å². The molecule has 1 N–H and O–H groups in total. The van der Waals surface area contributed by atoms with E-state index in [1.165, 1.54) is 11.8 Å². The number of carbonyl (C=O) groups excluding carboxylic acids is 1. The van der Waals surface area contributed by atoms with Gasteiger partial charge in [-0.15, -0.1) is 11.8 Å². The van der Waals surface area contributed by atoms with Crippen LogP contribution < -0.4 is 10.2 Å². The summed E-state index contributed by atoms with van der Waals surface area (Å²) in [5, 5.41) is 7.35. The van der Waals surface area contributed by atoms with Crippen molar-refractivity contribution < 1.29 is 9.53 Å². The highest BCUT2D eigenvalue weighted by atomic mass is 32.2. The lowest BCUT2D eigenvalue weighted by atomic mass is 10.1. The van der Waals surface area contributed by atoms with Crippen molar-refractivity contribution in [1.29, 1.82) is 0 Å². The summed E-state index contributed by atoms with van der Waals surface area (Å²) in [6, 6.07) is 21.8. The minimum atomic E-state index is -0.165. The maximum Gasteiger partial charge on any atom is 0.250 e. The number of pyridine rings is 1. The van der Waals surface area contributed by atoms with Gasteiger partial charge in [0.05, 0.1) is 24.6 Å². The third-order valence-corrected chi connectivity index (χ3v) is 5.74. The van der Waals surface area contributed by atoms with Gasteiger partial charge in [0.15, 0.2) is 0 Å². The van der Waals surface area contributed by atoms with Gasteiger partial charge < -0.3 is 4.74 Å². The second-order valence-corrected chi connectivity index (χ2v) is 7.81. The molecule has 0 aliphatic heterocycles. The predicted molar refractivity (Wildman–Crippen MR) is 123 cm³/mol. The number of fused-ring (bicyclic) bond motifs is 2. The van der Waals surface area contributed by atoms with Gasteiger partial charge in [-0.25, -0.2) is 5.43 Å². The fourth-order valence-corrected chi connectivity index (χ4v) is 4.18. The van der Waals surface area contributed by atoms with Crippen LogP contribution in [-0.2, 0) is 4.79 Å². The van der Waals surface area contributed by atoms with Crippen LogP contribution >= 0.6 is 11.8 Å². The Labute approximate surface area is 179 Å². The molecule has 150 valence electrons. The standard InChI is InChI=1S/C24H21N3O2S/c1-16-12-23(21-13-19(29-2)10-11-22(21)26-16)30-15-24(28)27-25-14-18-8-5-7-17-6-3-4-9-20(17)18/h3-14H,15H2,1-2H3,(H,27,28)/b25-14-. The van der Waals surface area contributed by atoms with Crippen LogP contribution in [0, 0.1) is 6.92 Å². The summed E-state index contributed by atoms with van der Waals surface area (Å²) in [4.78, 5) is 17.9. The number of nitrogens with one attached hydrogen (secondary N) is 1. The summed E-state index contributed by atoms with van der Waals surface area (Å²) >= 11 is 1.46. The second kappa shape index (κ2) is 8.97. The van der Waals surface area contributed by atoms with E-state index in [-0.39, 0.29) is 11.7 Å². The average molecular weight is 416 g/mol. The molecule has 0 bridgehead atoms. The monoisotopic (exact) mass is 415 g/mol. The van der Waals surface area contributed by atoms with E-state index < -0.39 is 0 Å². The number of carbonyl (C=O) groups is 1. The normalized spacial score (nSPS) is 11.3. The van der Waals surface area contributed by atoms with Crippen LogP contribution in [0.15, 0.2) is 76.7 Å². The number of aromatic nitrogens is 1. The Bertz CT molecular complexity index is 1250.